The van der Waals surface area contributed by atoms with Gasteiger partial charge in [0, 0.05) is 0 Å². The van der Waals surface area contributed by atoms with Gasteiger partial charge < -0.3 is 19.9 Å². The van der Waals surface area contributed by atoms with Crippen LogP contribution in [0.4, 0.5) is 5.95 Å². The number of ether oxygens (including phenoxy) is 3. The lowest BCUT2D eigenvalue weighted by Gasteiger charge is -2.36. The topological polar surface area (TPSA) is 162 Å². The van der Waals surface area contributed by atoms with Gasteiger partial charge in [0.05, 0.1) is 31.5 Å². The molecule has 5 rings (SSSR count). The first kappa shape index (κ1) is 29.7. The van der Waals surface area contributed by atoms with Crippen LogP contribution in [-0.2, 0) is 34.3 Å². The zero-order valence-corrected chi connectivity index (χ0v) is 24.9. The summed E-state index contributed by atoms with van der Waals surface area (Å²) in [6.45, 7) is 7.33. The van der Waals surface area contributed by atoms with Gasteiger partial charge in [-0.25, -0.2) is 14.6 Å². The minimum absolute atomic E-state index is 0.00491. The summed E-state index contributed by atoms with van der Waals surface area (Å²) in [5.74, 6) is -0.416. The van der Waals surface area contributed by atoms with Gasteiger partial charge in [0.2, 0.25) is 11.8 Å². The van der Waals surface area contributed by atoms with Crippen LogP contribution in [0.1, 0.15) is 39.5 Å². The molecule has 0 saturated carbocycles. The Morgan fingerprint density at radius 3 is 2.78 bits per heavy atom. The average Bonchev–Trinajstić information content (AvgIpc) is 3.45. The molecule has 13 nitrogen and oxygen atoms in total. The second-order valence-corrected chi connectivity index (χ2v) is 13.0. The standard InChI is InChI=1S/C26H34ClN6O7P/c1-5-36-22-19-21(30-25(28)31-22)33(14-29-19)24-26(4,27)20-18(39-24)13-38-41(35,40-20)32-17(12-37-23(34)15(2)3)11-16-9-7-6-8-10-16/h6-10,14-15,17-18,20,24H,5,11-13H2,1-4H3,(H,32,35)(H2,28,30,31)/t17-,18-,20-,24-,26-,41?/m1/s1. The van der Waals surface area contributed by atoms with E-state index in [0.717, 1.165) is 5.56 Å². The molecule has 15 heteroatoms. The second-order valence-electron chi connectivity index (χ2n) is 10.4. The van der Waals surface area contributed by atoms with Gasteiger partial charge in [-0.15, -0.1) is 11.6 Å². The van der Waals surface area contributed by atoms with Crippen LogP contribution < -0.4 is 15.6 Å². The molecule has 1 unspecified atom stereocenters. The minimum atomic E-state index is -3.91. The number of aromatic nitrogens is 4. The Labute approximate surface area is 242 Å². The maximum Gasteiger partial charge on any atom is 0.406 e. The van der Waals surface area contributed by atoms with Gasteiger partial charge in [0.25, 0.3) is 0 Å². The van der Waals surface area contributed by atoms with Crippen LogP contribution >= 0.6 is 19.3 Å². The van der Waals surface area contributed by atoms with Crippen molar-refractivity contribution in [1.29, 1.82) is 0 Å². The van der Waals surface area contributed by atoms with E-state index >= 15 is 0 Å². The molecule has 1 aromatic carbocycles. The van der Waals surface area contributed by atoms with Gasteiger partial charge in [-0.05, 0) is 25.8 Å². The lowest BCUT2D eigenvalue weighted by molar-refractivity contribution is -0.148. The van der Waals surface area contributed by atoms with E-state index in [2.05, 4.69) is 20.0 Å². The molecule has 2 aromatic heterocycles. The molecule has 41 heavy (non-hydrogen) atoms. The molecular formula is C26H34ClN6O7P. The smallest absolute Gasteiger partial charge is 0.406 e. The van der Waals surface area contributed by atoms with Crippen LogP contribution in [0.25, 0.3) is 11.2 Å². The highest BCUT2D eigenvalue weighted by Gasteiger charge is 2.60. The highest BCUT2D eigenvalue weighted by molar-refractivity contribution is 7.51. The largest absolute Gasteiger partial charge is 0.476 e. The monoisotopic (exact) mass is 608 g/mol. The van der Waals surface area contributed by atoms with Crippen LogP contribution in [0.15, 0.2) is 36.7 Å². The summed E-state index contributed by atoms with van der Waals surface area (Å²) in [5.41, 5.74) is 7.65. The zero-order chi connectivity index (χ0) is 29.4. The lowest BCUT2D eigenvalue weighted by Crippen LogP contribution is -2.47. The first-order valence-electron chi connectivity index (χ1n) is 13.4. The first-order valence-corrected chi connectivity index (χ1v) is 15.3. The van der Waals surface area contributed by atoms with Crippen molar-refractivity contribution in [2.45, 2.75) is 63.5 Å². The molecule has 0 bridgehead atoms. The number of esters is 1. The normalized spacial score (nSPS) is 28.5. The maximum atomic E-state index is 13.9. The maximum absolute atomic E-state index is 13.9. The Balaban J connectivity index is 1.37. The number of hydrogen-bond donors (Lipinski definition) is 2. The Bertz CT molecular complexity index is 1440. The van der Waals surface area contributed by atoms with Crippen molar-refractivity contribution < 1.29 is 32.6 Å². The van der Waals surface area contributed by atoms with Crippen LogP contribution in [-0.4, -0.2) is 68.4 Å². The van der Waals surface area contributed by atoms with Crippen LogP contribution in [0, 0.1) is 5.92 Å². The fourth-order valence-electron chi connectivity index (χ4n) is 4.86. The number of nitrogens with two attached hydrogens (primary N) is 1. The molecule has 2 aliphatic heterocycles. The van der Waals surface area contributed by atoms with Gasteiger partial charge in [0.1, 0.15) is 23.7 Å². The molecule has 0 aliphatic carbocycles. The zero-order valence-electron chi connectivity index (χ0n) is 23.2. The number of nitrogen functional groups attached to an aromatic ring is 1. The third kappa shape index (κ3) is 6.20. The summed E-state index contributed by atoms with van der Waals surface area (Å²) >= 11 is 7.09. The molecule has 0 spiro atoms. The van der Waals surface area contributed by atoms with Gasteiger partial charge in [0.15, 0.2) is 17.4 Å². The van der Waals surface area contributed by atoms with E-state index in [1.807, 2.05) is 37.3 Å². The number of carbonyl (C=O) groups is 1. The van der Waals surface area contributed by atoms with Crippen molar-refractivity contribution in [3.05, 3.63) is 42.2 Å². The molecular weight excluding hydrogens is 575 g/mol. The molecule has 6 atom stereocenters. The number of anilines is 1. The van der Waals surface area contributed by atoms with Crippen LogP contribution in [0.2, 0.25) is 0 Å². The highest BCUT2D eigenvalue weighted by Crippen LogP contribution is 2.58. The average molecular weight is 609 g/mol. The van der Waals surface area contributed by atoms with Gasteiger partial charge >= 0.3 is 13.7 Å². The molecule has 2 fully saturated rings. The fourth-order valence-corrected chi connectivity index (χ4v) is 7.07. The highest BCUT2D eigenvalue weighted by atomic mass is 35.5. The summed E-state index contributed by atoms with van der Waals surface area (Å²) in [5, 5.41) is 2.98. The second kappa shape index (κ2) is 11.8. The van der Waals surface area contributed by atoms with Crippen molar-refractivity contribution in [3.63, 3.8) is 0 Å². The molecule has 0 amide bonds. The van der Waals surface area contributed by atoms with Crippen molar-refractivity contribution in [2.24, 2.45) is 5.92 Å². The van der Waals surface area contributed by atoms with E-state index in [0.29, 0.717) is 24.2 Å². The number of nitrogens with zero attached hydrogens (tertiary/aromatic N) is 4. The van der Waals surface area contributed by atoms with Crippen molar-refractivity contribution in [1.82, 2.24) is 24.6 Å². The number of alkyl halides is 1. The molecule has 222 valence electrons. The Kier molecular flexibility index (Phi) is 8.56. The number of hydrogen-bond acceptors (Lipinski definition) is 11. The number of halogens is 1. The quantitative estimate of drug-likeness (QED) is 0.196. The molecule has 2 saturated heterocycles. The van der Waals surface area contributed by atoms with Crippen molar-refractivity contribution in [3.8, 4) is 5.88 Å². The molecule has 3 aromatic rings. The lowest BCUT2D eigenvalue weighted by atomic mass is 10.0. The SMILES string of the molecule is CCOc1nc(N)nc2c1ncn2[C@@H]1O[C@@H]2COP(=O)(N[C@@H](COC(=O)C(C)C)Cc3ccccc3)O[C@H]2[C@@]1(C)Cl. The molecule has 4 heterocycles. The predicted molar refractivity (Wildman–Crippen MR) is 150 cm³/mol. The molecule has 0 radical (unpaired) electrons. The molecule has 3 N–H and O–H groups in total. The van der Waals surface area contributed by atoms with Gasteiger partial charge in [-0.3, -0.25) is 18.4 Å². The van der Waals surface area contributed by atoms with Gasteiger partial charge in [-0.2, -0.15) is 9.97 Å². The summed E-state index contributed by atoms with van der Waals surface area (Å²) in [6.07, 6.45) is -0.365. The summed E-state index contributed by atoms with van der Waals surface area (Å²) in [6, 6.07) is 9.01. The first-order chi connectivity index (χ1) is 19.5. The Hall–Kier alpha value is -2.80. The summed E-state index contributed by atoms with van der Waals surface area (Å²) < 4.78 is 44.7. The fraction of sp³-hybridized carbons (Fsp3) is 0.538. The number of nitrogens with one attached hydrogen (secondary N) is 1. The number of benzene rings is 1. The minimum Gasteiger partial charge on any atom is -0.476 e. The van der Waals surface area contributed by atoms with E-state index in [1.165, 1.54) is 6.33 Å². The van der Waals surface area contributed by atoms with E-state index < -0.39 is 37.1 Å². The van der Waals surface area contributed by atoms with Crippen LogP contribution in [0.3, 0.4) is 0 Å². The van der Waals surface area contributed by atoms with E-state index in [4.69, 9.17) is 40.6 Å². The number of fused-ring (bicyclic) bond motifs is 2. The predicted octanol–water partition coefficient (Wildman–Crippen LogP) is 3.63. The van der Waals surface area contributed by atoms with Gasteiger partial charge in [-0.1, -0.05) is 44.2 Å². The van der Waals surface area contributed by atoms with Crippen molar-refractivity contribution >= 4 is 42.4 Å². The Morgan fingerprint density at radius 1 is 1.32 bits per heavy atom. The number of rotatable bonds is 10. The van der Waals surface area contributed by atoms with E-state index in [-0.39, 0.29) is 36.9 Å². The third-order valence-corrected chi connectivity index (χ3v) is 8.92. The summed E-state index contributed by atoms with van der Waals surface area (Å²) in [4.78, 5) is 23.8. The number of imidazole rings is 1. The van der Waals surface area contributed by atoms with E-state index in [1.54, 1.807) is 25.3 Å². The Morgan fingerprint density at radius 2 is 2.07 bits per heavy atom. The van der Waals surface area contributed by atoms with E-state index in [9.17, 15) is 9.36 Å². The van der Waals surface area contributed by atoms with Crippen LogP contribution in [0.5, 0.6) is 5.88 Å². The number of carbonyl (C=O) groups excluding carboxylic acids is 1. The molecule has 2 aliphatic rings. The third-order valence-electron chi connectivity index (χ3n) is 6.85. The summed E-state index contributed by atoms with van der Waals surface area (Å²) in [7, 11) is -3.91. The van der Waals surface area contributed by atoms with Crippen molar-refractivity contribution in [2.75, 3.05) is 25.6 Å².